The average Bonchev–Trinajstić information content (AvgIpc) is 3.78. The fourth-order valence-corrected chi connectivity index (χ4v) is 5.23. The van der Waals surface area contributed by atoms with E-state index in [-0.39, 0.29) is 11.6 Å². The van der Waals surface area contributed by atoms with Crippen molar-refractivity contribution in [3.8, 4) is 11.3 Å². The van der Waals surface area contributed by atoms with Gasteiger partial charge in [0.2, 0.25) is 5.95 Å². The Morgan fingerprint density at radius 2 is 1.95 bits per heavy atom. The topological polar surface area (TPSA) is 147 Å². The molecule has 2 aromatic carbocycles. The molecular formula is C30H25N9O3. The molecular weight excluding hydrogens is 534 g/mol. The van der Waals surface area contributed by atoms with E-state index < -0.39 is 5.91 Å². The number of carbonyl (C=O) groups excluding carboxylic acids is 2. The molecule has 12 heteroatoms. The molecule has 12 nitrogen and oxygen atoms in total. The largest absolute Gasteiger partial charge is 0.451 e. The lowest BCUT2D eigenvalue weighted by molar-refractivity contribution is 0.0994. The van der Waals surface area contributed by atoms with Crippen molar-refractivity contribution in [2.24, 2.45) is 7.05 Å². The number of nitrogens with one attached hydrogen (secondary N) is 3. The van der Waals surface area contributed by atoms with Gasteiger partial charge in [0.05, 0.1) is 23.4 Å². The maximum Gasteiger partial charge on any atom is 0.277 e. The Kier molecular flexibility index (Phi) is 5.82. The molecule has 42 heavy (non-hydrogen) atoms. The summed E-state index contributed by atoms with van der Waals surface area (Å²) in [5.74, 6) is 0.534. The summed E-state index contributed by atoms with van der Waals surface area (Å²) in [4.78, 5) is 44.5. The molecule has 0 spiro atoms. The van der Waals surface area contributed by atoms with E-state index in [4.69, 9.17) is 9.40 Å². The number of benzene rings is 2. The Morgan fingerprint density at radius 1 is 1.10 bits per heavy atom. The van der Waals surface area contributed by atoms with Crippen LogP contribution in [0.5, 0.6) is 0 Å². The number of amides is 2. The first-order valence-electron chi connectivity index (χ1n) is 13.2. The first-order valence-corrected chi connectivity index (χ1v) is 13.2. The summed E-state index contributed by atoms with van der Waals surface area (Å²) >= 11 is 0. The molecule has 0 saturated carbocycles. The number of carbonyl (C=O) groups is 2. The molecule has 0 fully saturated rings. The third kappa shape index (κ3) is 4.17. The fourth-order valence-electron chi connectivity index (χ4n) is 5.23. The molecule has 3 N–H and O–H groups in total. The number of hydrogen-bond acceptors (Lipinski definition) is 8. The number of para-hydroxylation sites is 1. The van der Waals surface area contributed by atoms with Gasteiger partial charge in [0.25, 0.3) is 11.8 Å². The molecule has 7 rings (SSSR count). The first kappa shape index (κ1) is 25.2. The van der Waals surface area contributed by atoms with Gasteiger partial charge in [-0.05, 0) is 37.6 Å². The number of aromatic nitrogens is 6. The van der Waals surface area contributed by atoms with Crippen LogP contribution >= 0.6 is 0 Å². The zero-order chi connectivity index (χ0) is 29.0. The van der Waals surface area contributed by atoms with E-state index in [9.17, 15) is 9.59 Å². The van der Waals surface area contributed by atoms with Gasteiger partial charge in [-0.15, -0.1) is 0 Å². The SMILES string of the molecule is Cc1cnc(Nc2cc(C)n(C)n2)nc1-c1c[nH]c2c(N3Cc4c(NC(=O)c5cocn5)cccc4C3=O)cccc12. The summed E-state index contributed by atoms with van der Waals surface area (Å²) in [6.07, 6.45) is 6.15. The van der Waals surface area contributed by atoms with Gasteiger partial charge in [-0.1, -0.05) is 18.2 Å². The number of nitrogens with zero attached hydrogens (tertiary/aromatic N) is 6. The number of aryl methyl sites for hydroxylation is 3. The van der Waals surface area contributed by atoms with Gasteiger partial charge >= 0.3 is 0 Å². The molecule has 0 bridgehead atoms. The lowest BCUT2D eigenvalue weighted by Gasteiger charge is -2.17. The van der Waals surface area contributed by atoms with Crippen LogP contribution in [-0.4, -0.2) is 41.5 Å². The second-order valence-electron chi connectivity index (χ2n) is 10.1. The minimum Gasteiger partial charge on any atom is -0.451 e. The maximum atomic E-state index is 13.6. The summed E-state index contributed by atoms with van der Waals surface area (Å²) in [6, 6.07) is 13.0. The Labute approximate surface area is 239 Å². The number of aromatic amines is 1. The van der Waals surface area contributed by atoms with Crippen molar-refractivity contribution in [2.45, 2.75) is 20.4 Å². The number of oxazole rings is 1. The van der Waals surface area contributed by atoms with Crippen LogP contribution in [-0.2, 0) is 13.6 Å². The Hall–Kier alpha value is -5.78. The van der Waals surface area contributed by atoms with Crippen LogP contribution < -0.4 is 15.5 Å². The van der Waals surface area contributed by atoms with Crippen molar-refractivity contribution in [1.29, 1.82) is 0 Å². The second-order valence-corrected chi connectivity index (χ2v) is 10.1. The van der Waals surface area contributed by atoms with Crippen LogP contribution in [0.15, 0.2) is 71.9 Å². The molecule has 0 unspecified atom stereocenters. The molecule has 208 valence electrons. The highest BCUT2D eigenvalue weighted by Gasteiger charge is 2.32. The molecule has 0 saturated heterocycles. The zero-order valence-electron chi connectivity index (χ0n) is 23.0. The Bertz CT molecular complexity index is 1990. The minimum absolute atomic E-state index is 0.151. The molecule has 6 aromatic rings. The van der Waals surface area contributed by atoms with Gasteiger partial charge in [-0.3, -0.25) is 14.3 Å². The van der Waals surface area contributed by atoms with Gasteiger partial charge in [-0.25, -0.2) is 15.0 Å². The van der Waals surface area contributed by atoms with Gasteiger partial charge in [-0.2, -0.15) is 5.10 Å². The zero-order valence-corrected chi connectivity index (χ0v) is 23.0. The molecule has 1 aliphatic heterocycles. The van der Waals surface area contributed by atoms with Crippen molar-refractivity contribution < 1.29 is 14.0 Å². The molecule has 2 amide bonds. The van der Waals surface area contributed by atoms with Crippen LogP contribution in [0.1, 0.15) is 37.7 Å². The monoisotopic (exact) mass is 559 g/mol. The summed E-state index contributed by atoms with van der Waals surface area (Å²) in [6.45, 7) is 4.23. The van der Waals surface area contributed by atoms with Gasteiger partial charge in [0.15, 0.2) is 17.9 Å². The van der Waals surface area contributed by atoms with Gasteiger partial charge < -0.3 is 24.9 Å². The number of anilines is 4. The van der Waals surface area contributed by atoms with E-state index in [1.54, 1.807) is 34.0 Å². The van der Waals surface area contributed by atoms with Crippen molar-refractivity contribution in [2.75, 3.05) is 15.5 Å². The highest BCUT2D eigenvalue weighted by molar-refractivity contribution is 6.16. The highest BCUT2D eigenvalue weighted by atomic mass is 16.3. The van der Waals surface area contributed by atoms with E-state index in [2.05, 4.69) is 30.7 Å². The summed E-state index contributed by atoms with van der Waals surface area (Å²) in [5.41, 5.74) is 7.06. The normalized spacial score (nSPS) is 12.6. The number of rotatable bonds is 6. The molecule has 0 aliphatic carbocycles. The molecule has 4 aromatic heterocycles. The smallest absolute Gasteiger partial charge is 0.277 e. The quantitative estimate of drug-likeness (QED) is 0.255. The third-order valence-corrected chi connectivity index (χ3v) is 7.45. The lowest BCUT2D eigenvalue weighted by atomic mass is 10.1. The van der Waals surface area contributed by atoms with E-state index >= 15 is 0 Å². The predicted octanol–water partition coefficient (Wildman–Crippen LogP) is 5.12. The van der Waals surface area contributed by atoms with Crippen molar-refractivity contribution in [3.63, 3.8) is 0 Å². The molecule has 1 aliphatic rings. The summed E-state index contributed by atoms with van der Waals surface area (Å²) in [5, 5.41) is 11.4. The Balaban J connectivity index is 1.22. The van der Waals surface area contributed by atoms with Crippen molar-refractivity contribution >= 4 is 45.9 Å². The van der Waals surface area contributed by atoms with Crippen LogP contribution in [0.4, 0.5) is 23.1 Å². The molecule has 0 radical (unpaired) electrons. The predicted molar refractivity (Wildman–Crippen MR) is 157 cm³/mol. The van der Waals surface area contributed by atoms with E-state index in [0.29, 0.717) is 29.6 Å². The van der Waals surface area contributed by atoms with Gasteiger partial charge in [0, 0.05) is 59.0 Å². The highest BCUT2D eigenvalue weighted by Crippen LogP contribution is 2.39. The molecule has 5 heterocycles. The van der Waals surface area contributed by atoms with Crippen molar-refractivity contribution in [3.05, 3.63) is 95.6 Å². The van der Waals surface area contributed by atoms with Crippen LogP contribution in [0.2, 0.25) is 0 Å². The molecule has 0 atom stereocenters. The van der Waals surface area contributed by atoms with Gasteiger partial charge in [0.1, 0.15) is 6.26 Å². The first-order chi connectivity index (χ1) is 20.4. The summed E-state index contributed by atoms with van der Waals surface area (Å²) < 4.78 is 6.71. The van der Waals surface area contributed by atoms with Crippen LogP contribution in [0.3, 0.4) is 0 Å². The minimum atomic E-state index is -0.411. The second kappa shape index (κ2) is 9.70. The van der Waals surface area contributed by atoms with E-state index in [1.165, 1.54) is 12.7 Å². The van der Waals surface area contributed by atoms with E-state index in [0.717, 1.165) is 44.7 Å². The third-order valence-electron chi connectivity index (χ3n) is 7.45. The summed E-state index contributed by atoms with van der Waals surface area (Å²) in [7, 11) is 1.88. The van der Waals surface area contributed by atoms with Crippen molar-refractivity contribution in [1.82, 2.24) is 29.7 Å². The average molecular weight is 560 g/mol. The lowest BCUT2D eigenvalue weighted by Crippen LogP contribution is -2.23. The number of hydrogen-bond donors (Lipinski definition) is 3. The van der Waals surface area contributed by atoms with E-state index in [1.807, 2.05) is 51.4 Å². The number of fused-ring (bicyclic) bond motifs is 2. The Morgan fingerprint density at radius 3 is 2.74 bits per heavy atom. The van der Waals surface area contributed by atoms with Crippen LogP contribution in [0, 0.1) is 13.8 Å². The van der Waals surface area contributed by atoms with Crippen LogP contribution in [0.25, 0.3) is 22.2 Å². The number of H-pyrrole nitrogens is 1. The standard InChI is InChI=1S/C30H25N9O3/c1-16-11-32-30(35-25-10-17(2)38(3)37-25)36-26(16)20-12-31-27-18(20)6-5-9-24(27)39-13-21-19(29(39)41)7-4-8-22(21)34-28(40)23-14-42-15-33-23/h4-12,14-15,31H,13H2,1-3H3,(H,34,40)(H,32,35,36,37). The fraction of sp³-hybridized carbons (Fsp3) is 0.133. The maximum absolute atomic E-state index is 13.6.